The van der Waals surface area contributed by atoms with Gasteiger partial charge in [-0.05, 0) is 18.2 Å². The molecule has 2 N–H and O–H groups in total. The van der Waals surface area contributed by atoms with Crippen LogP contribution < -0.4 is 10.5 Å². The number of halogens is 1. The molecule has 0 aliphatic rings. The van der Waals surface area contributed by atoms with Gasteiger partial charge < -0.3 is 10.5 Å². The first-order valence-corrected chi connectivity index (χ1v) is 6.36. The number of nitrogens with two attached hydrogens (primary N) is 1. The Bertz CT molecular complexity index is 713. The summed E-state index contributed by atoms with van der Waals surface area (Å²) >= 11 is 7.22. The predicted octanol–water partition coefficient (Wildman–Crippen LogP) is 3.72. The van der Waals surface area contributed by atoms with Crippen LogP contribution in [-0.4, -0.2) is 9.97 Å². The van der Waals surface area contributed by atoms with Crippen LogP contribution in [0.1, 0.15) is 0 Å². The van der Waals surface area contributed by atoms with Gasteiger partial charge in [0, 0.05) is 18.3 Å². The molecule has 0 aliphatic heterocycles. The molecule has 2 aromatic heterocycles. The number of anilines is 1. The molecule has 2 heterocycles. The first-order valence-electron chi connectivity index (χ1n) is 5.16. The molecule has 0 bridgehead atoms. The van der Waals surface area contributed by atoms with Gasteiger partial charge in [0.1, 0.15) is 16.7 Å². The van der Waals surface area contributed by atoms with Crippen LogP contribution in [0.4, 0.5) is 5.13 Å². The summed E-state index contributed by atoms with van der Waals surface area (Å²) in [5.41, 5.74) is 6.53. The van der Waals surface area contributed by atoms with Gasteiger partial charge in [0.05, 0.1) is 10.2 Å². The Morgan fingerprint density at radius 3 is 2.83 bits per heavy atom. The summed E-state index contributed by atoms with van der Waals surface area (Å²) in [6, 6.07) is 9.03. The topological polar surface area (TPSA) is 61.0 Å². The number of hydrogen-bond acceptors (Lipinski definition) is 5. The van der Waals surface area contributed by atoms with Crippen molar-refractivity contribution >= 4 is 38.3 Å². The molecule has 6 heteroatoms. The maximum absolute atomic E-state index is 5.79. The van der Waals surface area contributed by atoms with E-state index in [1.807, 2.05) is 18.2 Å². The Kier molecular flexibility index (Phi) is 2.77. The average molecular weight is 278 g/mol. The van der Waals surface area contributed by atoms with Crippen LogP contribution in [0.3, 0.4) is 0 Å². The minimum absolute atomic E-state index is 0.399. The maximum atomic E-state index is 5.79. The molecule has 0 spiro atoms. The molecule has 0 fully saturated rings. The van der Waals surface area contributed by atoms with Crippen molar-refractivity contribution in [1.82, 2.24) is 9.97 Å². The quantitative estimate of drug-likeness (QED) is 0.725. The Labute approximate surface area is 112 Å². The molecule has 0 radical (unpaired) electrons. The molecular formula is C12H8ClN3OS. The monoisotopic (exact) mass is 277 g/mol. The average Bonchev–Trinajstić information content (AvgIpc) is 2.68. The van der Waals surface area contributed by atoms with E-state index >= 15 is 0 Å². The van der Waals surface area contributed by atoms with E-state index in [2.05, 4.69) is 9.97 Å². The van der Waals surface area contributed by atoms with Gasteiger partial charge in [-0.25, -0.2) is 9.97 Å². The van der Waals surface area contributed by atoms with Gasteiger partial charge in [-0.1, -0.05) is 22.9 Å². The Morgan fingerprint density at radius 1 is 1.17 bits per heavy atom. The van der Waals surface area contributed by atoms with Gasteiger partial charge in [-0.2, -0.15) is 0 Å². The van der Waals surface area contributed by atoms with Crippen LogP contribution in [0.2, 0.25) is 5.15 Å². The fourth-order valence-corrected chi connectivity index (χ4v) is 2.50. The van der Waals surface area contributed by atoms with E-state index < -0.39 is 0 Å². The molecule has 0 saturated heterocycles. The first kappa shape index (κ1) is 11.3. The molecule has 0 aliphatic carbocycles. The number of thiazole rings is 1. The van der Waals surface area contributed by atoms with Crippen LogP contribution in [0.15, 0.2) is 36.5 Å². The molecule has 0 atom stereocenters. The van der Waals surface area contributed by atoms with Gasteiger partial charge in [0.25, 0.3) is 0 Å². The second kappa shape index (κ2) is 4.44. The van der Waals surface area contributed by atoms with Crippen molar-refractivity contribution in [2.24, 2.45) is 0 Å². The minimum Gasteiger partial charge on any atom is -0.457 e. The number of pyridine rings is 1. The van der Waals surface area contributed by atoms with E-state index in [-0.39, 0.29) is 0 Å². The molecular weight excluding hydrogens is 270 g/mol. The summed E-state index contributed by atoms with van der Waals surface area (Å²) in [6.07, 6.45) is 1.60. The number of rotatable bonds is 2. The highest BCUT2D eigenvalue weighted by Gasteiger charge is 2.04. The number of fused-ring (bicyclic) bond motifs is 1. The smallest absolute Gasteiger partial charge is 0.181 e. The summed E-state index contributed by atoms with van der Waals surface area (Å²) in [4.78, 5) is 8.08. The van der Waals surface area contributed by atoms with Crippen molar-refractivity contribution < 1.29 is 4.74 Å². The largest absolute Gasteiger partial charge is 0.457 e. The normalized spacial score (nSPS) is 10.7. The van der Waals surface area contributed by atoms with Gasteiger partial charge in [0.15, 0.2) is 5.13 Å². The predicted molar refractivity (Wildman–Crippen MR) is 73.4 cm³/mol. The SMILES string of the molecule is Nc1nc2ccc(Oc3ccnc(Cl)c3)cc2s1. The lowest BCUT2D eigenvalue weighted by atomic mass is 10.3. The van der Waals surface area contributed by atoms with E-state index in [0.717, 1.165) is 10.2 Å². The van der Waals surface area contributed by atoms with Crippen LogP contribution in [-0.2, 0) is 0 Å². The number of nitrogen functional groups attached to an aromatic ring is 1. The van der Waals surface area contributed by atoms with E-state index in [0.29, 0.717) is 21.8 Å². The van der Waals surface area contributed by atoms with E-state index in [1.165, 1.54) is 11.3 Å². The molecule has 3 rings (SSSR count). The number of nitrogens with zero attached hydrogens (tertiary/aromatic N) is 2. The summed E-state index contributed by atoms with van der Waals surface area (Å²) in [6.45, 7) is 0. The molecule has 90 valence electrons. The van der Waals surface area contributed by atoms with Crippen LogP contribution in [0.5, 0.6) is 11.5 Å². The fraction of sp³-hybridized carbons (Fsp3) is 0. The van der Waals surface area contributed by atoms with Crippen molar-refractivity contribution in [3.8, 4) is 11.5 Å². The van der Waals surface area contributed by atoms with E-state index in [4.69, 9.17) is 22.1 Å². The van der Waals surface area contributed by atoms with Gasteiger partial charge in [-0.3, -0.25) is 0 Å². The fourth-order valence-electron chi connectivity index (χ4n) is 1.57. The molecule has 18 heavy (non-hydrogen) atoms. The molecule has 1 aromatic carbocycles. The first-order chi connectivity index (χ1) is 8.70. The second-order valence-electron chi connectivity index (χ2n) is 3.60. The molecule has 0 unspecified atom stereocenters. The van der Waals surface area contributed by atoms with Gasteiger partial charge >= 0.3 is 0 Å². The Balaban J connectivity index is 1.94. The Morgan fingerprint density at radius 2 is 2.00 bits per heavy atom. The third-order valence-electron chi connectivity index (χ3n) is 2.31. The highest BCUT2D eigenvalue weighted by atomic mass is 35.5. The number of aromatic nitrogens is 2. The highest BCUT2D eigenvalue weighted by molar-refractivity contribution is 7.22. The van der Waals surface area contributed by atoms with Crippen LogP contribution in [0, 0.1) is 0 Å². The zero-order chi connectivity index (χ0) is 12.5. The standard InChI is InChI=1S/C12H8ClN3OS/c13-11-6-8(3-4-15-11)17-7-1-2-9-10(5-7)18-12(14)16-9/h1-6H,(H2,14,16). The maximum Gasteiger partial charge on any atom is 0.181 e. The minimum atomic E-state index is 0.399. The third-order valence-corrected chi connectivity index (χ3v) is 3.36. The number of ether oxygens (including phenoxy) is 1. The Hall–Kier alpha value is -1.85. The van der Waals surface area contributed by atoms with Gasteiger partial charge in [0.2, 0.25) is 0 Å². The zero-order valence-corrected chi connectivity index (χ0v) is 10.7. The lowest BCUT2D eigenvalue weighted by molar-refractivity contribution is 0.483. The van der Waals surface area contributed by atoms with E-state index in [9.17, 15) is 0 Å². The lowest BCUT2D eigenvalue weighted by Gasteiger charge is -2.05. The summed E-state index contributed by atoms with van der Waals surface area (Å²) in [5.74, 6) is 1.36. The van der Waals surface area contributed by atoms with Crippen LogP contribution in [0.25, 0.3) is 10.2 Å². The summed E-state index contributed by atoms with van der Waals surface area (Å²) in [7, 11) is 0. The van der Waals surface area contributed by atoms with Crippen molar-refractivity contribution in [2.45, 2.75) is 0 Å². The highest BCUT2D eigenvalue weighted by Crippen LogP contribution is 2.30. The van der Waals surface area contributed by atoms with Crippen molar-refractivity contribution in [1.29, 1.82) is 0 Å². The van der Waals surface area contributed by atoms with E-state index in [1.54, 1.807) is 18.3 Å². The number of benzene rings is 1. The second-order valence-corrected chi connectivity index (χ2v) is 5.05. The molecule has 3 aromatic rings. The van der Waals surface area contributed by atoms with Crippen molar-refractivity contribution in [3.05, 3.63) is 41.7 Å². The number of hydrogen-bond donors (Lipinski definition) is 1. The van der Waals surface area contributed by atoms with Crippen molar-refractivity contribution in [2.75, 3.05) is 5.73 Å². The summed E-state index contributed by atoms with van der Waals surface area (Å²) < 4.78 is 6.68. The van der Waals surface area contributed by atoms with Crippen molar-refractivity contribution in [3.63, 3.8) is 0 Å². The molecule has 0 saturated carbocycles. The molecule has 0 amide bonds. The van der Waals surface area contributed by atoms with Crippen LogP contribution >= 0.6 is 22.9 Å². The lowest BCUT2D eigenvalue weighted by Crippen LogP contribution is -1.84. The third kappa shape index (κ3) is 2.23. The zero-order valence-electron chi connectivity index (χ0n) is 9.13. The molecule has 4 nitrogen and oxygen atoms in total. The van der Waals surface area contributed by atoms with Gasteiger partial charge in [-0.15, -0.1) is 0 Å². The summed E-state index contributed by atoms with van der Waals surface area (Å²) in [5, 5.41) is 0.949.